The summed E-state index contributed by atoms with van der Waals surface area (Å²) in [5, 5.41) is 6.76. The van der Waals surface area contributed by atoms with E-state index in [0.29, 0.717) is 18.6 Å². The maximum absolute atomic E-state index is 5.61. The van der Waals surface area contributed by atoms with Crippen molar-refractivity contribution in [2.75, 3.05) is 40.0 Å². The summed E-state index contributed by atoms with van der Waals surface area (Å²) in [6.45, 7) is 6.74. The van der Waals surface area contributed by atoms with Gasteiger partial charge in [-0.15, -0.1) is 0 Å². The van der Waals surface area contributed by atoms with E-state index in [1.807, 2.05) is 12.1 Å². The topological polar surface area (TPSA) is 68.0 Å². The molecular formula is C20H35N3O3. The van der Waals surface area contributed by atoms with Gasteiger partial charge in [0.05, 0.1) is 6.26 Å². The summed E-state index contributed by atoms with van der Waals surface area (Å²) in [5.41, 5.74) is 0.324. The number of methoxy groups -OCH3 is 1. The van der Waals surface area contributed by atoms with Crippen LogP contribution in [0.2, 0.25) is 0 Å². The largest absolute Gasteiger partial charge is 0.467 e. The minimum atomic E-state index is 0.324. The lowest BCUT2D eigenvalue weighted by Crippen LogP contribution is -2.39. The SMILES string of the molecule is CCNC(=NCC1(CCOC)CCCC1)NCCCOCc1ccco1. The molecule has 0 aliphatic heterocycles. The summed E-state index contributed by atoms with van der Waals surface area (Å²) >= 11 is 0. The molecule has 2 N–H and O–H groups in total. The summed E-state index contributed by atoms with van der Waals surface area (Å²) in [5.74, 6) is 1.77. The molecule has 1 heterocycles. The van der Waals surface area contributed by atoms with E-state index in [1.54, 1.807) is 13.4 Å². The molecule has 1 aromatic heterocycles. The number of hydrogen-bond acceptors (Lipinski definition) is 4. The summed E-state index contributed by atoms with van der Waals surface area (Å²) < 4.78 is 16.2. The standard InChI is InChI=1S/C20H35N3O3/c1-3-21-19(22-12-7-13-25-16-18-8-6-14-26-18)23-17-20(11-15-24-2)9-4-5-10-20/h6,8,14H,3-5,7,9-13,15-17H2,1-2H3,(H2,21,22,23). The van der Waals surface area contributed by atoms with Gasteiger partial charge in [0, 0.05) is 40.0 Å². The Hall–Kier alpha value is -1.53. The van der Waals surface area contributed by atoms with E-state index in [9.17, 15) is 0 Å². The van der Waals surface area contributed by atoms with Gasteiger partial charge in [0.15, 0.2) is 5.96 Å². The normalized spacial score (nSPS) is 16.8. The van der Waals surface area contributed by atoms with E-state index >= 15 is 0 Å². The molecule has 26 heavy (non-hydrogen) atoms. The summed E-state index contributed by atoms with van der Waals surface area (Å²) in [6, 6.07) is 3.81. The molecule has 0 atom stereocenters. The third-order valence-electron chi connectivity index (χ3n) is 5.00. The molecule has 1 aliphatic rings. The van der Waals surface area contributed by atoms with Gasteiger partial charge >= 0.3 is 0 Å². The first-order valence-electron chi connectivity index (χ1n) is 9.89. The molecule has 1 fully saturated rings. The van der Waals surface area contributed by atoms with Crippen LogP contribution in [0.25, 0.3) is 0 Å². The van der Waals surface area contributed by atoms with Crippen LogP contribution in [0.3, 0.4) is 0 Å². The molecule has 0 saturated heterocycles. The van der Waals surface area contributed by atoms with Crippen molar-refractivity contribution in [3.8, 4) is 0 Å². The van der Waals surface area contributed by atoms with Crippen molar-refractivity contribution >= 4 is 5.96 Å². The third-order valence-corrected chi connectivity index (χ3v) is 5.00. The van der Waals surface area contributed by atoms with Crippen molar-refractivity contribution in [3.05, 3.63) is 24.2 Å². The highest BCUT2D eigenvalue weighted by Gasteiger charge is 2.33. The first kappa shape index (κ1) is 20.8. The summed E-state index contributed by atoms with van der Waals surface area (Å²) in [4.78, 5) is 4.86. The van der Waals surface area contributed by atoms with E-state index in [1.165, 1.54) is 25.7 Å². The third kappa shape index (κ3) is 7.38. The Morgan fingerprint density at radius 2 is 2.12 bits per heavy atom. The van der Waals surface area contributed by atoms with Crippen LogP contribution in [-0.4, -0.2) is 45.9 Å². The number of ether oxygens (including phenoxy) is 2. The Labute approximate surface area is 157 Å². The van der Waals surface area contributed by atoms with Crippen LogP contribution in [0.1, 0.15) is 51.2 Å². The first-order chi connectivity index (χ1) is 12.8. The second-order valence-corrected chi connectivity index (χ2v) is 7.06. The molecule has 1 aliphatic carbocycles. The number of aliphatic imine (C=N–C) groups is 1. The fourth-order valence-corrected chi connectivity index (χ4v) is 3.47. The van der Waals surface area contributed by atoms with Gasteiger partial charge in [-0.05, 0) is 50.2 Å². The van der Waals surface area contributed by atoms with Crippen LogP contribution in [0.4, 0.5) is 0 Å². The van der Waals surface area contributed by atoms with Gasteiger partial charge in [0.25, 0.3) is 0 Å². The zero-order chi connectivity index (χ0) is 18.5. The second-order valence-electron chi connectivity index (χ2n) is 7.06. The average molecular weight is 366 g/mol. The number of nitrogens with one attached hydrogen (secondary N) is 2. The summed E-state index contributed by atoms with van der Waals surface area (Å²) in [7, 11) is 1.78. The van der Waals surface area contributed by atoms with Crippen LogP contribution in [0, 0.1) is 5.41 Å². The Bertz CT molecular complexity index is 496. The van der Waals surface area contributed by atoms with E-state index < -0.39 is 0 Å². The quantitative estimate of drug-likeness (QED) is 0.338. The van der Waals surface area contributed by atoms with Crippen molar-refractivity contribution in [2.45, 2.75) is 52.1 Å². The Morgan fingerprint density at radius 3 is 2.81 bits per heavy atom. The van der Waals surface area contributed by atoms with Crippen LogP contribution < -0.4 is 10.6 Å². The Kier molecular flexibility index (Phi) is 9.56. The van der Waals surface area contributed by atoms with Crippen LogP contribution >= 0.6 is 0 Å². The second kappa shape index (κ2) is 12.0. The van der Waals surface area contributed by atoms with Crippen molar-refractivity contribution in [3.63, 3.8) is 0 Å². The first-order valence-corrected chi connectivity index (χ1v) is 9.89. The average Bonchev–Trinajstić information content (AvgIpc) is 3.33. The molecule has 0 radical (unpaired) electrons. The van der Waals surface area contributed by atoms with Crippen molar-refractivity contribution < 1.29 is 13.9 Å². The lowest BCUT2D eigenvalue weighted by atomic mass is 9.83. The molecule has 6 heteroatoms. The molecule has 0 unspecified atom stereocenters. The van der Waals surface area contributed by atoms with Gasteiger partial charge in [-0.25, -0.2) is 0 Å². The van der Waals surface area contributed by atoms with Gasteiger partial charge in [-0.1, -0.05) is 12.8 Å². The summed E-state index contributed by atoms with van der Waals surface area (Å²) in [6.07, 6.45) is 8.86. The zero-order valence-corrected chi connectivity index (χ0v) is 16.4. The van der Waals surface area contributed by atoms with Crippen molar-refractivity contribution in [1.29, 1.82) is 0 Å². The Balaban J connectivity index is 1.69. The monoisotopic (exact) mass is 365 g/mol. The lowest BCUT2D eigenvalue weighted by Gasteiger charge is -2.27. The van der Waals surface area contributed by atoms with E-state index in [-0.39, 0.29) is 0 Å². The minimum absolute atomic E-state index is 0.324. The number of rotatable bonds is 12. The molecule has 1 aromatic rings. The van der Waals surface area contributed by atoms with Crippen LogP contribution in [0.15, 0.2) is 27.8 Å². The van der Waals surface area contributed by atoms with Gasteiger partial charge in [0.1, 0.15) is 12.4 Å². The smallest absolute Gasteiger partial charge is 0.191 e. The van der Waals surface area contributed by atoms with Crippen LogP contribution in [-0.2, 0) is 16.1 Å². The number of hydrogen-bond donors (Lipinski definition) is 2. The van der Waals surface area contributed by atoms with E-state index in [0.717, 1.165) is 50.8 Å². The lowest BCUT2D eigenvalue weighted by molar-refractivity contribution is 0.105. The predicted octanol–water partition coefficient (Wildman–Crippen LogP) is 3.34. The molecule has 0 amide bonds. The molecule has 0 spiro atoms. The predicted molar refractivity (Wildman–Crippen MR) is 104 cm³/mol. The van der Waals surface area contributed by atoms with Crippen molar-refractivity contribution in [2.24, 2.45) is 10.4 Å². The maximum Gasteiger partial charge on any atom is 0.191 e. The van der Waals surface area contributed by atoms with Gasteiger partial charge in [0.2, 0.25) is 0 Å². The highest BCUT2D eigenvalue weighted by atomic mass is 16.5. The zero-order valence-electron chi connectivity index (χ0n) is 16.4. The van der Waals surface area contributed by atoms with E-state index in [2.05, 4.69) is 17.6 Å². The van der Waals surface area contributed by atoms with Crippen molar-refractivity contribution in [1.82, 2.24) is 10.6 Å². The number of guanidine groups is 1. The molecular weight excluding hydrogens is 330 g/mol. The van der Waals surface area contributed by atoms with Gasteiger partial charge in [-0.2, -0.15) is 0 Å². The Morgan fingerprint density at radius 1 is 1.27 bits per heavy atom. The molecule has 6 nitrogen and oxygen atoms in total. The van der Waals surface area contributed by atoms with Crippen LogP contribution in [0.5, 0.6) is 0 Å². The molecule has 0 aromatic carbocycles. The fourth-order valence-electron chi connectivity index (χ4n) is 3.47. The van der Waals surface area contributed by atoms with Gasteiger partial charge in [-0.3, -0.25) is 4.99 Å². The number of furan rings is 1. The number of nitrogens with zero attached hydrogens (tertiary/aromatic N) is 1. The molecule has 148 valence electrons. The maximum atomic E-state index is 5.61. The molecule has 0 bridgehead atoms. The highest BCUT2D eigenvalue weighted by molar-refractivity contribution is 5.79. The van der Waals surface area contributed by atoms with Gasteiger partial charge < -0.3 is 24.5 Å². The molecule has 2 rings (SSSR count). The van der Waals surface area contributed by atoms with E-state index in [4.69, 9.17) is 18.9 Å². The highest BCUT2D eigenvalue weighted by Crippen LogP contribution is 2.41. The molecule has 1 saturated carbocycles. The fraction of sp³-hybridized carbons (Fsp3) is 0.750. The minimum Gasteiger partial charge on any atom is -0.467 e.